The molecule has 1 heterocycles. The molecule has 0 unspecified atom stereocenters. The van der Waals surface area contributed by atoms with Gasteiger partial charge in [0.1, 0.15) is 24.1 Å². The highest BCUT2D eigenvalue weighted by Gasteiger charge is 2.31. The normalized spacial score (nSPS) is 20.2. The molecule has 1 aliphatic heterocycles. The van der Waals surface area contributed by atoms with Crippen molar-refractivity contribution in [3.05, 3.63) is 59.7 Å². The van der Waals surface area contributed by atoms with Crippen LogP contribution in [0.25, 0.3) is 0 Å². The van der Waals surface area contributed by atoms with Gasteiger partial charge in [-0.2, -0.15) is 0 Å². The van der Waals surface area contributed by atoms with E-state index < -0.39 is 12.6 Å². The number of carbonyl (C=O) groups is 2. The summed E-state index contributed by atoms with van der Waals surface area (Å²) in [6.07, 6.45) is 0.0378. The van der Waals surface area contributed by atoms with Crippen molar-refractivity contribution in [2.75, 3.05) is 13.2 Å². The number of rotatable bonds is 6. The molecule has 2 atom stereocenters. The van der Waals surface area contributed by atoms with E-state index in [9.17, 15) is 9.59 Å². The van der Waals surface area contributed by atoms with Crippen LogP contribution in [0.3, 0.4) is 0 Å². The van der Waals surface area contributed by atoms with Gasteiger partial charge in [-0.1, -0.05) is 0 Å². The highest BCUT2D eigenvalue weighted by molar-refractivity contribution is 5.75. The maximum absolute atomic E-state index is 10.7. The monoisotopic (exact) mass is 328 g/mol. The second-order valence-electron chi connectivity index (χ2n) is 5.09. The molecular formula is C18H16O6. The molecule has 0 saturated carbocycles. The highest BCUT2D eigenvalue weighted by Crippen LogP contribution is 2.22. The SMILES string of the molecule is O=Cc1ccc(O[C@@H]2OCCO[C@H]2Oc2ccc(C=O)cc2)cc1. The second kappa shape index (κ2) is 7.72. The van der Waals surface area contributed by atoms with Crippen LogP contribution in [0.2, 0.25) is 0 Å². The average Bonchev–Trinajstić information content (AvgIpc) is 2.64. The lowest BCUT2D eigenvalue weighted by Gasteiger charge is -2.31. The van der Waals surface area contributed by atoms with Crippen molar-refractivity contribution in [2.45, 2.75) is 12.6 Å². The molecule has 1 aliphatic rings. The van der Waals surface area contributed by atoms with E-state index in [0.29, 0.717) is 35.8 Å². The minimum Gasteiger partial charge on any atom is -0.458 e. The second-order valence-corrected chi connectivity index (χ2v) is 5.09. The van der Waals surface area contributed by atoms with Crippen LogP contribution < -0.4 is 9.47 Å². The Bertz CT molecular complexity index is 618. The summed E-state index contributed by atoms with van der Waals surface area (Å²) in [7, 11) is 0. The number of carbonyl (C=O) groups excluding carboxylic acids is 2. The summed E-state index contributed by atoms with van der Waals surface area (Å²) in [5, 5.41) is 0. The van der Waals surface area contributed by atoms with Gasteiger partial charge in [0.2, 0.25) is 0 Å². The van der Waals surface area contributed by atoms with Gasteiger partial charge in [0.15, 0.2) is 0 Å². The average molecular weight is 328 g/mol. The molecule has 1 saturated heterocycles. The van der Waals surface area contributed by atoms with Gasteiger partial charge in [-0.15, -0.1) is 0 Å². The Morgan fingerprint density at radius 1 is 0.708 bits per heavy atom. The first-order valence-electron chi connectivity index (χ1n) is 7.45. The molecule has 0 aliphatic carbocycles. The van der Waals surface area contributed by atoms with Gasteiger partial charge < -0.3 is 18.9 Å². The first kappa shape index (κ1) is 16.2. The highest BCUT2D eigenvalue weighted by atomic mass is 16.8. The molecule has 1 fully saturated rings. The standard InChI is InChI=1S/C18H16O6/c19-11-13-1-5-15(6-2-13)23-17-18(22-10-9-21-17)24-16-7-3-14(12-20)4-8-16/h1-8,11-12,17-18H,9-10H2/t17-,18-/m0/s1. The minimum atomic E-state index is -0.744. The zero-order valence-corrected chi connectivity index (χ0v) is 12.8. The largest absolute Gasteiger partial charge is 0.458 e. The maximum Gasteiger partial charge on any atom is 0.263 e. The smallest absolute Gasteiger partial charge is 0.263 e. The van der Waals surface area contributed by atoms with Gasteiger partial charge in [-0.25, -0.2) is 0 Å². The van der Waals surface area contributed by atoms with Crippen LogP contribution in [-0.2, 0) is 9.47 Å². The van der Waals surface area contributed by atoms with Crippen LogP contribution >= 0.6 is 0 Å². The Balaban J connectivity index is 1.67. The maximum atomic E-state index is 10.7. The van der Waals surface area contributed by atoms with E-state index >= 15 is 0 Å². The van der Waals surface area contributed by atoms with Crippen LogP contribution in [0, 0.1) is 0 Å². The zero-order valence-electron chi connectivity index (χ0n) is 12.8. The Labute approximate surface area is 138 Å². The molecule has 0 amide bonds. The Morgan fingerprint density at radius 2 is 1.08 bits per heavy atom. The predicted octanol–water partition coefficient (Wildman–Crippen LogP) is 2.47. The molecule has 2 aromatic rings. The molecule has 0 N–H and O–H groups in total. The quantitative estimate of drug-likeness (QED) is 0.759. The Kier molecular flexibility index (Phi) is 5.20. The fourth-order valence-electron chi connectivity index (χ4n) is 2.18. The van der Waals surface area contributed by atoms with Crippen LogP contribution in [0.1, 0.15) is 20.7 Å². The molecule has 0 spiro atoms. The molecule has 0 radical (unpaired) electrons. The number of ether oxygens (including phenoxy) is 4. The minimum absolute atomic E-state index is 0.390. The van der Waals surface area contributed by atoms with E-state index in [4.69, 9.17) is 18.9 Å². The number of hydrogen-bond donors (Lipinski definition) is 0. The van der Waals surface area contributed by atoms with E-state index in [1.165, 1.54) is 0 Å². The summed E-state index contributed by atoms with van der Waals surface area (Å²) in [5.74, 6) is 1.09. The lowest BCUT2D eigenvalue weighted by molar-refractivity contribution is -0.271. The van der Waals surface area contributed by atoms with Gasteiger partial charge in [0, 0.05) is 11.1 Å². The van der Waals surface area contributed by atoms with Crippen molar-refractivity contribution in [3.8, 4) is 11.5 Å². The van der Waals surface area contributed by atoms with Gasteiger partial charge in [-0.05, 0) is 48.5 Å². The van der Waals surface area contributed by atoms with Crippen molar-refractivity contribution in [1.82, 2.24) is 0 Å². The molecule has 124 valence electrons. The molecule has 6 nitrogen and oxygen atoms in total. The van der Waals surface area contributed by atoms with E-state index in [2.05, 4.69) is 0 Å². The van der Waals surface area contributed by atoms with E-state index in [1.54, 1.807) is 48.5 Å². The lowest BCUT2D eigenvalue weighted by atomic mass is 10.2. The number of hydrogen-bond acceptors (Lipinski definition) is 6. The van der Waals surface area contributed by atoms with Crippen LogP contribution in [-0.4, -0.2) is 38.4 Å². The van der Waals surface area contributed by atoms with Crippen molar-refractivity contribution in [1.29, 1.82) is 0 Å². The lowest BCUT2D eigenvalue weighted by Crippen LogP contribution is -2.45. The third-order valence-electron chi connectivity index (χ3n) is 3.41. The predicted molar refractivity (Wildman–Crippen MR) is 84.4 cm³/mol. The van der Waals surface area contributed by atoms with Gasteiger partial charge in [0.05, 0.1) is 13.2 Å². The van der Waals surface area contributed by atoms with Crippen LogP contribution in [0.15, 0.2) is 48.5 Å². The first-order valence-corrected chi connectivity index (χ1v) is 7.45. The van der Waals surface area contributed by atoms with E-state index in [-0.39, 0.29) is 0 Å². The first-order chi connectivity index (χ1) is 11.8. The number of aldehydes is 2. The van der Waals surface area contributed by atoms with Crippen molar-refractivity contribution < 1.29 is 28.5 Å². The van der Waals surface area contributed by atoms with Crippen LogP contribution in [0.5, 0.6) is 11.5 Å². The van der Waals surface area contributed by atoms with Crippen molar-refractivity contribution >= 4 is 12.6 Å². The molecule has 0 aromatic heterocycles. The summed E-state index contributed by atoms with van der Waals surface area (Å²) in [5.41, 5.74) is 1.12. The zero-order chi connectivity index (χ0) is 16.8. The van der Waals surface area contributed by atoms with Crippen molar-refractivity contribution in [3.63, 3.8) is 0 Å². The summed E-state index contributed by atoms with van der Waals surface area (Å²) >= 11 is 0. The summed E-state index contributed by atoms with van der Waals surface area (Å²) in [6.45, 7) is 0.780. The number of benzene rings is 2. The van der Waals surface area contributed by atoms with Gasteiger partial charge in [-0.3, -0.25) is 9.59 Å². The molecule has 24 heavy (non-hydrogen) atoms. The van der Waals surface area contributed by atoms with E-state index in [1.807, 2.05) is 0 Å². The van der Waals surface area contributed by atoms with Gasteiger partial charge in [0.25, 0.3) is 12.6 Å². The molecule has 3 rings (SSSR count). The van der Waals surface area contributed by atoms with E-state index in [0.717, 1.165) is 12.6 Å². The molecule has 0 bridgehead atoms. The Hall–Kier alpha value is -2.70. The molecular weight excluding hydrogens is 312 g/mol. The topological polar surface area (TPSA) is 71.1 Å². The Morgan fingerprint density at radius 3 is 1.42 bits per heavy atom. The van der Waals surface area contributed by atoms with Crippen molar-refractivity contribution in [2.24, 2.45) is 0 Å². The fraction of sp³-hybridized carbons (Fsp3) is 0.222. The van der Waals surface area contributed by atoms with Gasteiger partial charge >= 0.3 is 0 Å². The summed E-state index contributed by atoms with van der Waals surface area (Å²) in [6, 6.07) is 13.3. The fourth-order valence-corrected chi connectivity index (χ4v) is 2.18. The summed E-state index contributed by atoms with van der Waals surface area (Å²) in [4.78, 5) is 21.4. The summed E-state index contributed by atoms with van der Waals surface area (Å²) < 4.78 is 22.6. The molecule has 6 heteroatoms. The molecule has 2 aromatic carbocycles. The third-order valence-corrected chi connectivity index (χ3v) is 3.41. The van der Waals surface area contributed by atoms with Crippen LogP contribution in [0.4, 0.5) is 0 Å². The third kappa shape index (κ3) is 3.98.